The first-order valence-corrected chi connectivity index (χ1v) is 12.6. The minimum Gasteiger partial charge on any atom is -0.469 e. The maximum absolute atomic E-state index is 12.9. The van der Waals surface area contributed by atoms with Crippen LogP contribution in [0.15, 0.2) is 47.6 Å². The van der Waals surface area contributed by atoms with Crippen LogP contribution in [0.3, 0.4) is 0 Å². The lowest BCUT2D eigenvalue weighted by atomic mass is 9.79. The lowest BCUT2D eigenvalue weighted by Crippen LogP contribution is -2.33. The van der Waals surface area contributed by atoms with Gasteiger partial charge in [-0.1, -0.05) is 47.6 Å². The molecule has 2 unspecified atom stereocenters. The topological polar surface area (TPSA) is 105 Å². The third-order valence-electron chi connectivity index (χ3n) is 6.75. The van der Waals surface area contributed by atoms with Gasteiger partial charge in [-0.25, -0.2) is 0 Å². The lowest BCUT2D eigenvalue weighted by molar-refractivity contribution is -0.155. The van der Waals surface area contributed by atoms with Crippen molar-refractivity contribution in [3.8, 4) is 0 Å². The fourth-order valence-electron chi connectivity index (χ4n) is 4.52. The van der Waals surface area contributed by atoms with Crippen LogP contribution < -0.4 is 0 Å². The van der Waals surface area contributed by atoms with Crippen LogP contribution in [0, 0.1) is 22.7 Å². The van der Waals surface area contributed by atoms with Crippen LogP contribution >= 0.6 is 0 Å². The Balaban J connectivity index is 1.91. The van der Waals surface area contributed by atoms with Gasteiger partial charge in [0.15, 0.2) is 0 Å². The van der Waals surface area contributed by atoms with E-state index >= 15 is 0 Å². The summed E-state index contributed by atoms with van der Waals surface area (Å²) in [6, 6.07) is 0. The lowest BCUT2D eigenvalue weighted by Gasteiger charge is -2.27. The van der Waals surface area contributed by atoms with E-state index in [2.05, 4.69) is 0 Å². The molecule has 2 aliphatic rings. The van der Waals surface area contributed by atoms with Gasteiger partial charge >= 0.3 is 23.9 Å². The summed E-state index contributed by atoms with van der Waals surface area (Å²) in [6.07, 6.45) is 13.5. The minimum absolute atomic E-state index is 0.0740. The van der Waals surface area contributed by atoms with E-state index in [9.17, 15) is 19.2 Å². The standard InChI is InChI=1S/C29H40O8/c1-28(2,26(32)34-5)18-22(20-12-7-8-13-20)24(30)36-16-11-17-37-25(31)23(21-14-9-10-15-21)19-29(3,4)27(33)35-6/h7-10,12,14,22-23H,11,13,15-19H2,1-6H3. The summed E-state index contributed by atoms with van der Waals surface area (Å²) in [5.74, 6) is -2.75. The highest BCUT2D eigenvalue weighted by Gasteiger charge is 2.38. The van der Waals surface area contributed by atoms with Crippen LogP contribution in [0.4, 0.5) is 0 Å². The largest absolute Gasteiger partial charge is 0.469 e. The molecular weight excluding hydrogens is 476 g/mol. The third-order valence-corrected chi connectivity index (χ3v) is 6.75. The Morgan fingerprint density at radius 3 is 1.41 bits per heavy atom. The van der Waals surface area contributed by atoms with Gasteiger partial charge in [0.25, 0.3) is 0 Å². The number of ether oxygens (including phenoxy) is 4. The van der Waals surface area contributed by atoms with Crippen molar-refractivity contribution in [3.63, 3.8) is 0 Å². The zero-order valence-corrected chi connectivity index (χ0v) is 22.8. The molecule has 0 saturated heterocycles. The Hall–Kier alpha value is -3.16. The van der Waals surface area contributed by atoms with E-state index in [4.69, 9.17) is 18.9 Å². The first-order chi connectivity index (χ1) is 17.4. The first kappa shape index (κ1) is 30.1. The predicted molar refractivity (Wildman–Crippen MR) is 138 cm³/mol. The Morgan fingerprint density at radius 1 is 0.730 bits per heavy atom. The molecule has 0 aromatic heterocycles. The molecule has 0 bridgehead atoms. The second kappa shape index (κ2) is 13.4. The molecular formula is C29H40O8. The summed E-state index contributed by atoms with van der Waals surface area (Å²) in [5.41, 5.74) is 0.0772. The van der Waals surface area contributed by atoms with Gasteiger partial charge in [0.1, 0.15) is 0 Å². The van der Waals surface area contributed by atoms with Crippen LogP contribution in [-0.4, -0.2) is 51.3 Å². The summed E-state index contributed by atoms with van der Waals surface area (Å²) in [5, 5.41) is 0. The number of carbonyl (C=O) groups is 4. The van der Waals surface area contributed by atoms with Gasteiger partial charge in [-0.15, -0.1) is 0 Å². The van der Waals surface area contributed by atoms with Gasteiger partial charge in [-0.2, -0.15) is 0 Å². The molecule has 0 fully saturated rings. The number of hydrogen-bond donors (Lipinski definition) is 0. The smallest absolute Gasteiger partial charge is 0.313 e. The summed E-state index contributed by atoms with van der Waals surface area (Å²) < 4.78 is 20.8. The van der Waals surface area contributed by atoms with E-state index < -0.39 is 34.6 Å². The van der Waals surface area contributed by atoms with Crippen molar-refractivity contribution >= 4 is 23.9 Å². The molecule has 8 heteroatoms. The van der Waals surface area contributed by atoms with Gasteiger partial charge in [0.05, 0.1) is 50.1 Å². The zero-order chi connectivity index (χ0) is 27.6. The quantitative estimate of drug-likeness (QED) is 0.187. The van der Waals surface area contributed by atoms with Crippen molar-refractivity contribution in [2.45, 2.75) is 59.8 Å². The SMILES string of the molecule is COC(=O)C(C)(C)CC(C(=O)OCCCOC(=O)C(CC(C)(C)C(=O)OC)C1=CC=CC1)C1=CC=CC1. The third kappa shape index (κ3) is 8.44. The van der Waals surface area contributed by atoms with E-state index in [0.29, 0.717) is 19.3 Å². The van der Waals surface area contributed by atoms with Crippen LogP contribution in [0.5, 0.6) is 0 Å². The Kier molecular flexibility index (Phi) is 10.9. The average Bonchev–Trinajstić information content (AvgIpc) is 3.59. The van der Waals surface area contributed by atoms with Crippen molar-refractivity contribution in [2.75, 3.05) is 27.4 Å². The second-order valence-corrected chi connectivity index (χ2v) is 10.7. The van der Waals surface area contributed by atoms with E-state index in [0.717, 1.165) is 11.1 Å². The van der Waals surface area contributed by atoms with Crippen LogP contribution in [0.2, 0.25) is 0 Å². The van der Waals surface area contributed by atoms with E-state index in [1.54, 1.807) is 27.7 Å². The zero-order valence-electron chi connectivity index (χ0n) is 22.8. The summed E-state index contributed by atoms with van der Waals surface area (Å²) in [4.78, 5) is 50.2. The van der Waals surface area contributed by atoms with Crippen LogP contribution in [0.25, 0.3) is 0 Å². The Labute approximate surface area is 219 Å². The monoisotopic (exact) mass is 516 g/mol. The molecule has 2 rings (SSSR count). The normalized spacial score (nSPS) is 16.5. The van der Waals surface area contributed by atoms with Crippen molar-refractivity contribution < 1.29 is 38.1 Å². The fourth-order valence-corrected chi connectivity index (χ4v) is 4.52. The predicted octanol–water partition coefficient (Wildman–Crippen LogP) is 4.65. The molecule has 0 aromatic rings. The van der Waals surface area contributed by atoms with Crippen molar-refractivity contribution in [2.24, 2.45) is 22.7 Å². The summed E-state index contributed by atoms with van der Waals surface area (Å²) in [6.45, 7) is 7.13. The molecule has 0 spiro atoms. The van der Waals surface area contributed by atoms with Gasteiger partial charge < -0.3 is 18.9 Å². The molecule has 0 heterocycles. The van der Waals surface area contributed by atoms with Gasteiger partial charge in [-0.3, -0.25) is 19.2 Å². The molecule has 2 atom stereocenters. The summed E-state index contributed by atoms with van der Waals surface area (Å²) in [7, 11) is 2.66. The van der Waals surface area contributed by atoms with E-state index in [-0.39, 0.29) is 38.0 Å². The molecule has 0 radical (unpaired) electrons. The number of esters is 4. The highest BCUT2D eigenvalue weighted by atomic mass is 16.5. The van der Waals surface area contributed by atoms with Crippen molar-refractivity contribution in [1.29, 1.82) is 0 Å². The molecule has 0 saturated carbocycles. The van der Waals surface area contributed by atoms with Crippen molar-refractivity contribution in [1.82, 2.24) is 0 Å². The Morgan fingerprint density at radius 2 is 1.11 bits per heavy atom. The number of hydrogen-bond acceptors (Lipinski definition) is 8. The number of methoxy groups -OCH3 is 2. The Bertz CT molecular complexity index is 902. The minimum atomic E-state index is -0.853. The van der Waals surface area contributed by atoms with Gasteiger partial charge in [0, 0.05) is 6.42 Å². The van der Waals surface area contributed by atoms with Gasteiger partial charge in [-0.05, 0) is 53.4 Å². The number of allylic oxidation sites excluding steroid dienone is 6. The highest BCUT2D eigenvalue weighted by Crippen LogP contribution is 2.35. The fraction of sp³-hybridized carbons (Fsp3) is 0.586. The summed E-state index contributed by atoms with van der Waals surface area (Å²) >= 11 is 0. The molecule has 37 heavy (non-hydrogen) atoms. The average molecular weight is 517 g/mol. The molecule has 0 amide bonds. The maximum Gasteiger partial charge on any atom is 0.313 e. The van der Waals surface area contributed by atoms with E-state index in [1.807, 2.05) is 36.5 Å². The van der Waals surface area contributed by atoms with E-state index in [1.165, 1.54) is 14.2 Å². The molecule has 8 nitrogen and oxygen atoms in total. The second-order valence-electron chi connectivity index (χ2n) is 10.7. The molecule has 0 N–H and O–H groups in total. The molecule has 204 valence electrons. The number of carbonyl (C=O) groups excluding carboxylic acids is 4. The number of rotatable bonds is 14. The van der Waals surface area contributed by atoms with Gasteiger partial charge in [0.2, 0.25) is 0 Å². The highest BCUT2D eigenvalue weighted by molar-refractivity contribution is 5.81. The molecule has 0 aliphatic heterocycles. The van der Waals surface area contributed by atoms with Crippen molar-refractivity contribution in [3.05, 3.63) is 47.6 Å². The molecule has 0 aromatic carbocycles. The maximum atomic E-state index is 12.9. The van der Waals surface area contributed by atoms with Crippen LogP contribution in [0.1, 0.15) is 59.8 Å². The van der Waals surface area contributed by atoms with Crippen LogP contribution in [-0.2, 0) is 38.1 Å². The first-order valence-electron chi connectivity index (χ1n) is 12.6. The molecule has 2 aliphatic carbocycles.